The normalized spacial score (nSPS) is 29.0. The SMILES string of the molecule is CN(CC1CCCO1)C(=O)[C@H]1CNC[C@@H]1c1cnn(C)c1. The summed E-state index contributed by atoms with van der Waals surface area (Å²) in [5.41, 5.74) is 1.14. The number of hydrogen-bond donors (Lipinski definition) is 1. The lowest BCUT2D eigenvalue weighted by Crippen LogP contribution is -2.40. The summed E-state index contributed by atoms with van der Waals surface area (Å²) in [4.78, 5) is 14.6. The fraction of sp³-hybridized carbons (Fsp3) is 0.733. The molecule has 1 aromatic heterocycles. The molecule has 0 saturated carbocycles. The molecule has 2 aliphatic rings. The fourth-order valence-corrected chi connectivity index (χ4v) is 3.39. The Morgan fingerprint density at radius 3 is 3.10 bits per heavy atom. The van der Waals surface area contributed by atoms with Gasteiger partial charge in [0.2, 0.25) is 5.91 Å². The molecule has 2 saturated heterocycles. The summed E-state index contributed by atoms with van der Waals surface area (Å²) in [6, 6.07) is 0. The van der Waals surface area contributed by atoms with E-state index in [1.807, 2.05) is 31.4 Å². The van der Waals surface area contributed by atoms with Crippen molar-refractivity contribution in [1.29, 1.82) is 0 Å². The van der Waals surface area contributed by atoms with Crippen molar-refractivity contribution in [3.8, 4) is 0 Å². The molecule has 0 bridgehead atoms. The van der Waals surface area contributed by atoms with Crippen molar-refractivity contribution in [1.82, 2.24) is 20.0 Å². The van der Waals surface area contributed by atoms with Crippen LogP contribution in [-0.4, -0.2) is 60.0 Å². The summed E-state index contributed by atoms with van der Waals surface area (Å²) in [5.74, 6) is 0.433. The molecule has 3 atom stereocenters. The van der Waals surface area contributed by atoms with Crippen LogP contribution in [0.5, 0.6) is 0 Å². The molecular weight excluding hydrogens is 268 g/mol. The zero-order valence-corrected chi connectivity index (χ0v) is 12.8. The minimum atomic E-state index is 0.000558. The van der Waals surface area contributed by atoms with Crippen LogP contribution in [0.15, 0.2) is 12.4 Å². The summed E-state index contributed by atoms with van der Waals surface area (Å²) < 4.78 is 7.43. The van der Waals surface area contributed by atoms with Gasteiger partial charge in [0.25, 0.3) is 0 Å². The minimum Gasteiger partial charge on any atom is -0.376 e. The lowest BCUT2D eigenvalue weighted by molar-refractivity contribution is -0.135. The molecule has 3 heterocycles. The molecule has 2 fully saturated rings. The molecule has 3 rings (SSSR count). The van der Waals surface area contributed by atoms with E-state index < -0.39 is 0 Å². The van der Waals surface area contributed by atoms with E-state index in [1.165, 1.54) is 0 Å². The standard InChI is InChI=1S/C15H24N4O2/c1-18(10-12-4-3-5-21-12)15(20)14-8-16-7-13(14)11-6-17-19(2)9-11/h6,9,12-14,16H,3-5,7-8,10H2,1-2H3/t12?,13-,14+/m1/s1. The third-order valence-corrected chi connectivity index (χ3v) is 4.56. The van der Waals surface area contributed by atoms with Crippen LogP contribution in [0, 0.1) is 5.92 Å². The van der Waals surface area contributed by atoms with Gasteiger partial charge < -0.3 is 15.0 Å². The molecular formula is C15H24N4O2. The molecule has 2 aliphatic heterocycles. The number of nitrogens with zero attached hydrogens (tertiary/aromatic N) is 3. The van der Waals surface area contributed by atoms with E-state index >= 15 is 0 Å². The van der Waals surface area contributed by atoms with Crippen LogP contribution >= 0.6 is 0 Å². The molecule has 21 heavy (non-hydrogen) atoms. The number of carbonyl (C=O) groups excluding carboxylic acids is 1. The van der Waals surface area contributed by atoms with Gasteiger partial charge in [-0.25, -0.2) is 0 Å². The molecule has 6 heteroatoms. The molecule has 1 aromatic rings. The van der Waals surface area contributed by atoms with E-state index in [2.05, 4.69) is 10.4 Å². The Morgan fingerprint density at radius 2 is 2.43 bits per heavy atom. The maximum Gasteiger partial charge on any atom is 0.227 e. The Bertz CT molecular complexity index is 496. The highest BCUT2D eigenvalue weighted by Gasteiger charge is 2.36. The molecule has 1 N–H and O–H groups in total. The van der Waals surface area contributed by atoms with Gasteiger partial charge in [-0.1, -0.05) is 0 Å². The molecule has 116 valence electrons. The lowest BCUT2D eigenvalue weighted by Gasteiger charge is -2.26. The number of likely N-dealkylation sites (N-methyl/N-ethyl adjacent to an activating group) is 1. The molecule has 0 spiro atoms. The highest BCUT2D eigenvalue weighted by atomic mass is 16.5. The number of rotatable bonds is 4. The fourth-order valence-electron chi connectivity index (χ4n) is 3.39. The van der Waals surface area contributed by atoms with Gasteiger partial charge in [-0.3, -0.25) is 9.48 Å². The number of hydrogen-bond acceptors (Lipinski definition) is 4. The van der Waals surface area contributed by atoms with Crippen molar-refractivity contribution >= 4 is 5.91 Å². The second-order valence-corrected chi connectivity index (χ2v) is 6.17. The minimum absolute atomic E-state index is 0.000558. The van der Waals surface area contributed by atoms with Gasteiger partial charge in [-0.15, -0.1) is 0 Å². The molecule has 1 amide bonds. The molecule has 6 nitrogen and oxygen atoms in total. The quantitative estimate of drug-likeness (QED) is 0.870. The van der Waals surface area contributed by atoms with E-state index in [0.717, 1.165) is 38.1 Å². The van der Waals surface area contributed by atoms with Crippen LogP contribution in [0.3, 0.4) is 0 Å². The first-order chi connectivity index (χ1) is 10.1. The Kier molecular flexibility index (Phi) is 4.26. The third kappa shape index (κ3) is 3.11. The summed E-state index contributed by atoms with van der Waals surface area (Å²) in [7, 11) is 3.80. The van der Waals surface area contributed by atoms with E-state index in [9.17, 15) is 4.79 Å². The Labute approximate surface area is 125 Å². The smallest absolute Gasteiger partial charge is 0.227 e. The zero-order chi connectivity index (χ0) is 14.8. The molecule has 0 aliphatic carbocycles. The van der Waals surface area contributed by atoms with Gasteiger partial charge in [-0.2, -0.15) is 5.10 Å². The number of nitrogens with one attached hydrogen (secondary N) is 1. The van der Waals surface area contributed by atoms with Crippen LogP contribution in [0.2, 0.25) is 0 Å². The summed E-state index contributed by atoms with van der Waals surface area (Å²) in [5, 5.41) is 7.57. The first kappa shape index (κ1) is 14.5. The van der Waals surface area contributed by atoms with Crippen LogP contribution in [0.1, 0.15) is 24.3 Å². The van der Waals surface area contributed by atoms with E-state index in [-0.39, 0.29) is 23.8 Å². The van der Waals surface area contributed by atoms with Crippen molar-refractivity contribution in [3.63, 3.8) is 0 Å². The van der Waals surface area contributed by atoms with E-state index in [4.69, 9.17) is 4.74 Å². The molecule has 0 radical (unpaired) electrons. The van der Waals surface area contributed by atoms with Gasteiger partial charge in [0, 0.05) is 52.5 Å². The van der Waals surface area contributed by atoms with Crippen LogP contribution < -0.4 is 5.32 Å². The molecule has 1 unspecified atom stereocenters. The number of carbonyl (C=O) groups is 1. The van der Waals surface area contributed by atoms with Gasteiger partial charge in [-0.05, 0) is 18.4 Å². The van der Waals surface area contributed by atoms with Crippen LogP contribution in [0.4, 0.5) is 0 Å². The van der Waals surface area contributed by atoms with Gasteiger partial charge >= 0.3 is 0 Å². The van der Waals surface area contributed by atoms with Gasteiger partial charge in [0.1, 0.15) is 0 Å². The maximum atomic E-state index is 12.7. The Balaban J connectivity index is 1.64. The topological polar surface area (TPSA) is 59.4 Å². The van der Waals surface area contributed by atoms with Crippen LogP contribution in [0.25, 0.3) is 0 Å². The summed E-state index contributed by atoms with van der Waals surface area (Å²) in [6.07, 6.45) is 6.27. The van der Waals surface area contributed by atoms with Crippen molar-refractivity contribution in [2.24, 2.45) is 13.0 Å². The number of aromatic nitrogens is 2. The first-order valence-corrected chi connectivity index (χ1v) is 7.71. The highest BCUT2D eigenvalue weighted by molar-refractivity contribution is 5.80. The summed E-state index contributed by atoms with van der Waals surface area (Å²) in [6.45, 7) is 3.12. The van der Waals surface area contributed by atoms with Crippen LogP contribution in [-0.2, 0) is 16.6 Å². The van der Waals surface area contributed by atoms with E-state index in [0.29, 0.717) is 6.54 Å². The van der Waals surface area contributed by atoms with Gasteiger partial charge in [0.15, 0.2) is 0 Å². The average Bonchev–Trinajstić information content (AvgIpc) is 3.17. The highest BCUT2D eigenvalue weighted by Crippen LogP contribution is 2.29. The third-order valence-electron chi connectivity index (χ3n) is 4.56. The van der Waals surface area contributed by atoms with Crippen molar-refractivity contribution in [2.45, 2.75) is 24.9 Å². The first-order valence-electron chi connectivity index (χ1n) is 7.71. The number of aryl methyl sites for hydroxylation is 1. The predicted molar refractivity (Wildman–Crippen MR) is 78.9 cm³/mol. The number of amides is 1. The molecule has 0 aromatic carbocycles. The second-order valence-electron chi connectivity index (χ2n) is 6.17. The van der Waals surface area contributed by atoms with Crippen molar-refractivity contribution in [3.05, 3.63) is 18.0 Å². The largest absolute Gasteiger partial charge is 0.376 e. The predicted octanol–water partition coefficient (Wildman–Crippen LogP) is 0.361. The van der Waals surface area contributed by atoms with E-state index in [1.54, 1.807) is 4.68 Å². The van der Waals surface area contributed by atoms with Crippen molar-refractivity contribution in [2.75, 3.05) is 33.3 Å². The Morgan fingerprint density at radius 1 is 1.57 bits per heavy atom. The monoisotopic (exact) mass is 292 g/mol. The average molecular weight is 292 g/mol. The zero-order valence-electron chi connectivity index (χ0n) is 12.8. The number of ether oxygens (including phenoxy) is 1. The van der Waals surface area contributed by atoms with Gasteiger partial charge in [0.05, 0.1) is 18.2 Å². The Hall–Kier alpha value is -1.40. The second kappa shape index (κ2) is 6.15. The van der Waals surface area contributed by atoms with Crippen molar-refractivity contribution < 1.29 is 9.53 Å². The maximum absolute atomic E-state index is 12.7. The summed E-state index contributed by atoms with van der Waals surface area (Å²) >= 11 is 0. The lowest BCUT2D eigenvalue weighted by atomic mass is 9.90.